The Balaban J connectivity index is 4.49. The Kier molecular flexibility index (Phi) is 67.7. The summed E-state index contributed by atoms with van der Waals surface area (Å²) in [4.78, 5) is 58.5. The van der Waals surface area contributed by atoms with Gasteiger partial charge in [0, 0.05) is 19.3 Å². The average Bonchev–Trinajstić information content (AvgIpc) is 1.83. The standard InChI is InChI=1S/C77H136O16P2/c1-4-7-10-13-16-19-22-25-28-29-30-31-32-33-34-35-36-37-38-39-40-41-44-46-48-51-54-57-60-63-75(80)87-66-72(78)67-89-94(83,84)90-68-73(79)69-91-95(85,86)92-71-74(93-77(82)65-62-59-56-53-50-47-43-27-24-21-18-15-12-9-6-3)70-88-76(81)64-61-58-55-52-49-45-42-26-23-20-17-14-11-8-5-2/h7,10,16,19,25-28,30-31,33-34,36-37,42-43,72-74,78-79H,4-6,8-9,11-15,17-18,20-24,29,32,35,38-41,44-71H2,1-3H3,(H,83,84)(H,85,86)/b10-7-,19-16-,28-25-,31-30-,34-33-,37-36-,42-26-,43-27-. The largest absolute Gasteiger partial charge is 0.472 e. The van der Waals surface area contributed by atoms with Gasteiger partial charge in [0.1, 0.15) is 25.4 Å². The Morgan fingerprint density at radius 1 is 0.305 bits per heavy atom. The molecule has 4 N–H and O–H groups in total. The third-order valence-corrected chi connectivity index (χ3v) is 17.7. The van der Waals surface area contributed by atoms with Crippen LogP contribution in [0.4, 0.5) is 0 Å². The fourth-order valence-corrected chi connectivity index (χ4v) is 11.6. The molecule has 0 aliphatic heterocycles. The minimum absolute atomic E-state index is 0.0949. The Labute approximate surface area is 578 Å². The number of phosphoric acid groups is 2. The lowest BCUT2D eigenvalue weighted by atomic mass is 10.1. The first-order valence-electron chi connectivity index (χ1n) is 37.5. The van der Waals surface area contributed by atoms with Crippen molar-refractivity contribution < 1.29 is 75.8 Å². The predicted molar refractivity (Wildman–Crippen MR) is 390 cm³/mol. The van der Waals surface area contributed by atoms with Gasteiger partial charge < -0.3 is 34.2 Å². The number of carbonyl (C=O) groups excluding carboxylic acids is 3. The van der Waals surface area contributed by atoms with Crippen molar-refractivity contribution in [2.24, 2.45) is 0 Å². The molecule has 0 aromatic rings. The molecule has 0 aliphatic rings. The number of aliphatic hydroxyl groups excluding tert-OH is 2. The number of esters is 3. The fourth-order valence-electron chi connectivity index (χ4n) is 10.0. The number of phosphoric ester groups is 2. The molecular formula is C77H136O16P2. The lowest BCUT2D eigenvalue weighted by Crippen LogP contribution is -2.30. The summed E-state index contributed by atoms with van der Waals surface area (Å²) in [6.45, 7) is 2.55. The van der Waals surface area contributed by atoms with Crippen LogP contribution in [0.5, 0.6) is 0 Å². The van der Waals surface area contributed by atoms with Crippen LogP contribution in [0.2, 0.25) is 0 Å². The lowest BCUT2D eigenvalue weighted by Gasteiger charge is -2.21. The van der Waals surface area contributed by atoms with Crippen LogP contribution in [0.1, 0.15) is 316 Å². The molecule has 95 heavy (non-hydrogen) atoms. The van der Waals surface area contributed by atoms with Gasteiger partial charge in [0.2, 0.25) is 0 Å². The second-order valence-corrected chi connectivity index (χ2v) is 28.0. The summed E-state index contributed by atoms with van der Waals surface area (Å²) < 4.78 is 61.0. The molecule has 0 bridgehead atoms. The number of ether oxygens (including phenoxy) is 3. The molecule has 0 amide bonds. The van der Waals surface area contributed by atoms with Crippen LogP contribution in [0.3, 0.4) is 0 Å². The quantitative estimate of drug-likeness (QED) is 0.0146. The third kappa shape index (κ3) is 71.6. The first kappa shape index (κ1) is 91.5. The summed E-state index contributed by atoms with van der Waals surface area (Å²) in [5.41, 5.74) is 0. The van der Waals surface area contributed by atoms with Gasteiger partial charge >= 0.3 is 33.6 Å². The molecule has 0 rings (SSSR count). The summed E-state index contributed by atoms with van der Waals surface area (Å²) in [6, 6.07) is 0. The molecule has 0 aliphatic carbocycles. The highest BCUT2D eigenvalue weighted by Crippen LogP contribution is 2.45. The van der Waals surface area contributed by atoms with E-state index in [1.807, 2.05) is 0 Å². The molecule has 0 saturated heterocycles. The van der Waals surface area contributed by atoms with Gasteiger partial charge in [0.15, 0.2) is 6.10 Å². The Bertz CT molecular complexity index is 2120. The highest BCUT2D eigenvalue weighted by Gasteiger charge is 2.29. The maximum Gasteiger partial charge on any atom is 0.472 e. The van der Waals surface area contributed by atoms with Crippen LogP contribution >= 0.6 is 15.6 Å². The first-order chi connectivity index (χ1) is 46.2. The summed E-state index contributed by atoms with van der Waals surface area (Å²) in [5.74, 6) is -1.59. The van der Waals surface area contributed by atoms with Crippen molar-refractivity contribution in [3.63, 3.8) is 0 Å². The summed E-state index contributed by atoms with van der Waals surface area (Å²) >= 11 is 0. The minimum atomic E-state index is -4.93. The molecule has 0 spiro atoms. The number of hydrogen-bond acceptors (Lipinski definition) is 14. The van der Waals surface area contributed by atoms with Gasteiger partial charge in [-0.1, -0.05) is 272 Å². The second kappa shape index (κ2) is 70.3. The molecule has 0 fully saturated rings. The Morgan fingerprint density at radius 2 is 0.558 bits per heavy atom. The van der Waals surface area contributed by atoms with Gasteiger partial charge in [-0.25, -0.2) is 9.13 Å². The summed E-state index contributed by atoms with van der Waals surface area (Å²) in [6.07, 6.45) is 78.9. The molecule has 18 heteroatoms. The topological polar surface area (TPSA) is 231 Å². The van der Waals surface area contributed by atoms with E-state index in [4.69, 9.17) is 32.3 Å². The monoisotopic (exact) mass is 1380 g/mol. The van der Waals surface area contributed by atoms with Gasteiger partial charge in [-0.15, -0.1) is 0 Å². The van der Waals surface area contributed by atoms with Crippen LogP contribution in [0.15, 0.2) is 97.2 Å². The normalized spacial score (nSPS) is 14.6. The second-order valence-electron chi connectivity index (χ2n) is 25.1. The van der Waals surface area contributed by atoms with E-state index in [2.05, 4.69) is 118 Å². The van der Waals surface area contributed by atoms with Crippen molar-refractivity contribution in [2.45, 2.75) is 334 Å². The smallest absolute Gasteiger partial charge is 0.463 e. The highest BCUT2D eigenvalue weighted by molar-refractivity contribution is 7.47. The van der Waals surface area contributed by atoms with Crippen molar-refractivity contribution in [1.29, 1.82) is 0 Å². The third-order valence-electron chi connectivity index (χ3n) is 15.8. The molecule has 0 saturated carbocycles. The number of unbranched alkanes of at least 4 members (excludes halogenated alkanes) is 32. The summed E-state index contributed by atoms with van der Waals surface area (Å²) in [7, 11) is -9.78. The maximum absolute atomic E-state index is 12.9. The van der Waals surface area contributed by atoms with Gasteiger partial charge in [0.25, 0.3) is 0 Å². The molecule has 0 aromatic carbocycles. The molecule has 5 unspecified atom stereocenters. The van der Waals surface area contributed by atoms with E-state index >= 15 is 0 Å². The molecule has 5 atom stereocenters. The van der Waals surface area contributed by atoms with Crippen LogP contribution in [0, 0.1) is 0 Å². The number of hydrogen-bond donors (Lipinski definition) is 4. The molecule has 0 radical (unpaired) electrons. The van der Waals surface area contributed by atoms with E-state index in [1.165, 1.54) is 109 Å². The van der Waals surface area contributed by atoms with Crippen molar-refractivity contribution in [2.75, 3.05) is 39.6 Å². The SMILES string of the molecule is CC/C=C\C/C=C\C/C=C\C/C=C\C/C=C\C/C=C\CCCCCCCCCCCCC(=O)OCC(O)COP(=O)(O)OCC(O)COP(=O)(O)OCC(COC(=O)CCCCCCC/C=C\CCCCCCCC)OC(=O)CCCCCCC/C=C\CCCCCCCC. The van der Waals surface area contributed by atoms with Crippen LogP contribution in [0.25, 0.3) is 0 Å². The molecule has 550 valence electrons. The molecule has 0 aromatic heterocycles. The van der Waals surface area contributed by atoms with Gasteiger partial charge in [-0.3, -0.25) is 32.5 Å². The van der Waals surface area contributed by atoms with Gasteiger partial charge in [-0.05, 0) is 122 Å². The van der Waals surface area contributed by atoms with E-state index in [0.717, 1.165) is 148 Å². The average molecular weight is 1380 g/mol. The van der Waals surface area contributed by atoms with Crippen LogP contribution < -0.4 is 0 Å². The molecule has 0 heterocycles. The van der Waals surface area contributed by atoms with E-state index < -0.39 is 91.5 Å². The fraction of sp³-hybridized carbons (Fsp3) is 0.753. The first-order valence-corrected chi connectivity index (χ1v) is 40.5. The van der Waals surface area contributed by atoms with E-state index in [-0.39, 0.29) is 19.3 Å². The zero-order chi connectivity index (χ0) is 69.5. The lowest BCUT2D eigenvalue weighted by molar-refractivity contribution is -0.161. The van der Waals surface area contributed by atoms with Crippen molar-refractivity contribution >= 4 is 33.6 Å². The van der Waals surface area contributed by atoms with Gasteiger partial charge in [0.05, 0.1) is 26.4 Å². The number of carbonyl (C=O) groups is 3. The number of aliphatic hydroxyl groups is 2. The zero-order valence-corrected chi connectivity index (χ0v) is 61.6. The maximum atomic E-state index is 12.9. The van der Waals surface area contributed by atoms with Crippen LogP contribution in [-0.4, -0.2) is 95.9 Å². The van der Waals surface area contributed by atoms with E-state index in [1.54, 1.807) is 0 Å². The van der Waals surface area contributed by atoms with Gasteiger partial charge in [-0.2, -0.15) is 0 Å². The highest BCUT2D eigenvalue weighted by atomic mass is 31.2. The number of rotatable bonds is 71. The predicted octanol–water partition coefficient (Wildman–Crippen LogP) is 21.4. The molecular weight excluding hydrogens is 1240 g/mol. The summed E-state index contributed by atoms with van der Waals surface area (Å²) in [5, 5.41) is 20.6. The van der Waals surface area contributed by atoms with Crippen molar-refractivity contribution in [1.82, 2.24) is 0 Å². The van der Waals surface area contributed by atoms with Crippen molar-refractivity contribution in [3.8, 4) is 0 Å². The van der Waals surface area contributed by atoms with E-state index in [9.17, 15) is 43.5 Å². The minimum Gasteiger partial charge on any atom is -0.463 e. The zero-order valence-electron chi connectivity index (χ0n) is 59.8. The Morgan fingerprint density at radius 3 is 0.895 bits per heavy atom. The molecule has 16 nitrogen and oxygen atoms in total. The van der Waals surface area contributed by atoms with E-state index in [0.29, 0.717) is 19.3 Å². The Hall–Kier alpha value is -3.53. The van der Waals surface area contributed by atoms with Crippen molar-refractivity contribution in [3.05, 3.63) is 97.2 Å². The van der Waals surface area contributed by atoms with Crippen LogP contribution in [-0.2, 0) is 55.8 Å². The number of allylic oxidation sites excluding steroid dienone is 16.